The van der Waals surface area contributed by atoms with Crippen LogP contribution in [0, 0.1) is 10.1 Å². The van der Waals surface area contributed by atoms with Crippen LogP contribution in [0.2, 0.25) is 0 Å². The van der Waals surface area contributed by atoms with E-state index in [2.05, 4.69) is 10.4 Å². The summed E-state index contributed by atoms with van der Waals surface area (Å²) in [5.74, 6) is -0.473. The molecule has 2 amide bonds. The van der Waals surface area contributed by atoms with Crippen molar-refractivity contribution < 1.29 is 14.5 Å². The van der Waals surface area contributed by atoms with Gasteiger partial charge in [-0.3, -0.25) is 24.4 Å². The highest BCUT2D eigenvalue weighted by atomic mass is 16.6. The van der Waals surface area contributed by atoms with E-state index in [9.17, 15) is 19.7 Å². The molecule has 0 unspecified atom stereocenters. The first-order valence-electron chi connectivity index (χ1n) is 9.05. The largest absolute Gasteiger partial charge is 0.355 e. The van der Waals surface area contributed by atoms with Crippen LogP contribution in [0.15, 0.2) is 30.6 Å². The normalized spacial score (nSPS) is 17.0. The smallest absolute Gasteiger partial charge is 0.293 e. The Morgan fingerprint density at radius 1 is 1.32 bits per heavy atom. The molecule has 10 nitrogen and oxygen atoms in total. The standard InChI is InChI=1S/C18H20N6O4/c1-21-10-14(9-19-21)23-7-6-22(11-17(23)25)15-5-2-12(8-16(15)24(27)28)18(26)20-13-3-4-13/h2,5,8-10,13H,3-4,6-7,11H2,1H3,(H,20,26). The average Bonchev–Trinajstić information content (AvgIpc) is 3.38. The van der Waals surface area contributed by atoms with Crippen LogP contribution in [0.4, 0.5) is 17.1 Å². The Labute approximate surface area is 160 Å². The molecule has 28 heavy (non-hydrogen) atoms. The summed E-state index contributed by atoms with van der Waals surface area (Å²) < 4.78 is 1.62. The van der Waals surface area contributed by atoms with Gasteiger partial charge in [0.25, 0.3) is 11.6 Å². The number of nitrogens with one attached hydrogen (secondary N) is 1. The lowest BCUT2D eigenvalue weighted by molar-refractivity contribution is -0.384. The lowest BCUT2D eigenvalue weighted by Crippen LogP contribution is -2.50. The number of aromatic nitrogens is 2. The van der Waals surface area contributed by atoms with Gasteiger partial charge in [0.05, 0.1) is 23.4 Å². The van der Waals surface area contributed by atoms with Crippen molar-refractivity contribution in [2.75, 3.05) is 29.4 Å². The van der Waals surface area contributed by atoms with E-state index in [0.29, 0.717) is 24.5 Å². The van der Waals surface area contributed by atoms with Gasteiger partial charge in [-0.25, -0.2) is 0 Å². The van der Waals surface area contributed by atoms with E-state index in [1.807, 2.05) is 0 Å². The number of aryl methyl sites for hydroxylation is 1. The molecule has 2 aromatic rings. The second-order valence-corrected chi connectivity index (χ2v) is 7.05. The SMILES string of the molecule is Cn1cc(N2CCN(c3ccc(C(=O)NC4CC4)cc3[N+](=O)[O-])CC2=O)cn1. The fourth-order valence-electron chi connectivity index (χ4n) is 3.27. The van der Waals surface area contributed by atoms with E-state index in [4.69, 9.17) is 0 Å². The summed E-state index contributed by atoms with van der Waals surface area (Å²) in [5, 5.41) is 18.5. The number of nitrogens with zero attached hydrogens (tertiary/aromatic N) is 5. The predicted octanol–water partition coefficient (Wildman–Crippen LogP) is 1.07. The molecule has 1 aliphatic heterocycles. The molecule has 1 saturated heterocycles. The summed E-state index contributed by atoms with van der Waals surface area (Å²) in [7, 11) is 1.77. The Bertz CT molecular complexity index is 951. The molecule has 2 heterocycles. The van der Waals surface area contributed by atoms with E-state index in [0.717, 1.165) is 12.8 Å². The molecule has 2 fully saturated rings. The molecule has 0 spiro atoms. The molecule has 10 heteroatoms. The van der Waals surface area contributed by atoms with Crippen molar-refractivity contribution in [2.24, 2.45) is 7.05 Å². The van der Waals surface area contributed by atoms with Gasteiger partial charge in [0, 0.05) is 44.0 Å². The minimum Gasteiger partial charge on any atom is -0.355 e. The van der Waals surface area contributed by atoms with Crippen LogP contribution in [0.5, 0.6) is 0 Å². The van der Waals surface area contributed by atoms with Gasteiger partial charge in [-0.15, -0.1) is 0 Å². The lowest BCUT2D eigenvalue weighted by Gasteiger charge is -2.34. The fourth-order valence-corrected chi connectivity index (χ4v) is 3.27. The molecular weight excluding hydrogens is 364 g/mol. The number of nitro groups is 1. The number of piperazine rings is 1. The zero-order valence-electron chi connectivity index (χ0n) is 15.4. The molecule has 1 N–H and O–H groups in total. The molecule has 0 bridgehead atoms. The van der Waals surface area contributed by atoms with Crippen LogP contribution in [-0.4, -0.2) is 52.2 Å². The third-order valence-corrected chi connectivity index (χ3v) is 4.91. The van der Waals surface area contributed by atoms with Gasteiger partial charge in [0.15, 0.2) is 0 Å². The molecule has 1 saturated carbocycles. The summed E-state index contributed by atoms with van der Waals surface area (Å²) in [6, 6.07) is 4.57. The van der Waals surface area contributed by atoms with Crippen LogP contribution < -0.4 is 15.1 Å². The molecule has 1 aliphatic carbocycles. The predicted molar refractivity (Wildman–Crippen MR) is 101 cm³/mol. The Morgan fingerprint density at radius 3 is 2.71 bits per heavy atom. The quantitative estimate of drug-likeness (QED) is 0.609. The number of nitro benzene ring substituents is 1. The van der Waals surface area contributed by atoms with Gasteiger partial charge in [-0.05, 0) is 25.0 Å². The lowest BCUT2D eigenvalue weighted by atomic mass is 10.1. The van der Waals surface area contributed by atoms with Crippen molar-refractivity contribution in [3.8, 4) is 0 Å². The van der Waals surface area contributed by atoms with Gasteiger partial charge < -0.3 is 15.1 Å². The summed E-state index contributed by atoms with van der Waals surface area (Å²) in [6.07, 6.45) is 5.25. The summed E-state index contributed by atoms with van der Waals surface area (Å²) >= 11 is 0. The van der Waals surface area contributed by atoms with Gasteiger partial charge >= 0.3 is 0 Å². The van der Waals surface area contributed by atoms with E-state index in [-0.39, 0.29) is 35.7 Å². The molecule has 1 aromatic heterocycles. The second-order valence-electron chi connectivity index (χ2n) is 7.05. The highest BCUT2D eigenvalue weighted by molar-refractivity contribution is 5.99. The van der Waals surface area contributed by atoms with Crippen LogP contribution in [-0.2, 0) is 11.8 Å². The Kier molecular flexibility index (Phi) is 4.46. The third kappa shape index (κ3) is 3.53. The van der Waals surface area contributed by atoms with E-state index in [1.165, 1.54) is 6.07 Å². The Morgan fingerprint density at radius 2 is 2.11 bits per heavy atom. The molecule has 4 rings (SSSR count). The number of carbonyl (C=O) groups excluding carboxylic acids is 2. The number of anilines is 2. The van der Waals surface area contributed by atoms with E-state index in [1.54, 1.807) is 46.1 Å². The van der Waals surface area contributed by atoms with Gasteiger partial charge in [-0.1, -0.05) is 0 Å². The van der Waals surface area contributed by atoms with Crippen molar-refractivity contribution in [1.29, 1.82) is 0 Å². The average molecular weight is 384 g/mol. The highest BCUT2D eigenvalue weighted by Gasteiger charge is 2.31. The van der Waals surface area contributed by atoms with Crippen LogP contribution in [0.1, 0.15) is 23.2 Å². The molecule has 2 aliphatic rings. The van der Waals surface area contributed by atoms with Crippen molar-refractivity contribution in [2.45, 2.75) is 18.9 Å². The maximum absolute atomic E-state index is 12.6. The summed E-state index contributed by atoms with van der Waals surface area (Å²) in [5.41, 5.74) is 1.12. The molecule has 1 aromatic carbocycles. The Balaban J connectivity index is 1.54. The summed E-state index contributed by atoms with van der Waals surface area (Å²) in [6.45, 7) is 0.851. The molecule has 0 atom stereocenters. The third-order valence-electron chi connectivity index (χ3n) is 4.91. The van der Waals surface area contributed by atoms with Crippen molar-refractivity contribution >= 4 is 28.9 Å². The number of benzene rings is 1. The van der Waals surface area contributed by atoms with Crippen molar-refractivity contribution in [1.82, 2.24) is 15.1 Å². The molecular formula is C18H20N6O4. The zero-order valence-corrected chi connectivity index (χ0v) is 15.4. The van der Waals surface area contributed by atoms with Crippen molar-refractivity contribution in [3.05, 3.63) is 46.3 Å². The Hall–Kier alpha value is -3.43. The van der Waals surface area contributed by atoms with E-state index >= 15 is 0 Å². The fraction of sp³-hybridized carbons (Fsp3) is 0.389. The topological polar surface area (TPSA) is 114 Å². The summed E-state index contributed by atoms with van der Waals surface area (Å²) in [4.78, 5) is 39.1. The minimum atomic E-state index is -0.513. The van der Waals surface area contributed by atoms with Gasteiger partial charge in [0.1, 0.15) is 5.69 Å². The van der Waals surface area contributed by atoms with Gasteiger partial charge in [0.2, 0.25) is 5.91 Å². The first-order chi connectivity index (χ1) is 13.4. The maximum Gasteiger partial charge on any atom is 0.293 e. The van der Waals surface area contributed by atoms with E-state index < -0.39 is 4.92 Å². The number of hydrogen-bond acceptors (Lipinski definition) is 6. The van der Waals surface area contributed by atoms with Crippen LogP contribution in [0.3, 0.4) is 0 Å². The highest BCUT2D eigenvalue weighted by Crippen LogP contribution is 2.31. The first-order valence-corrected chi connectivity index (χ1v) is 9.05. The maximum atomic E-state index is 12.6. The number of amides is 2. The minimum absolute atomic E-state index is 0.0172. The monoisotopic (exact) mass is 384 g/mol. The molecule has 146 valence electrons. The molecule has 0 radical (unpaired) electrons. The van der Waals surface area contributed by atoms with Crippen LogP contribution >= 0.6 is 0 Å². The number of carbonyl (C=O) groups is 2. The van der Waals surface area contributed by atoms with Crippen molar-refractivity contribution in [3.63, 3.8) is 0 Å². The first kappa shape index (κ1) is 18.0. The second kappa shape index (κ2) is 6.95. The number of hydrogen-bond donors (Lipinski definition) is 1. The zero-order chi connectivity index (χ0) is 19.8. The number of rotatable bonds is 5. The van der Waals surface area contributed by atoms with Crippen LogP contribution in [0.25, 0.3) is 0 Å². The van der Waals surface area contributed by atoms with Gasteiger partial charge in [-0.2, -0.15) is 5.10 Å².